The van der Waals surface area contributed by atoms with Gasteiger partial charge in [-0.3, -0.25) is 9.78 Å². The highest BCUT2D eigenvalue weighted by Gasteiger charge is 2.03. The first-order valence-electron chi connectivity index (χ1n) is 5.19. The Kier molecular flexibility index (Phi) is 2.82. The van der Waals surface area contributed by atoms with Crippen molar-refractivity contribution in [1.82, 2.24) is 4.98 Å². The second-order valence-electron chi connectivity index (χ2n) is 3.92. The molecule has 0 amide bonds. The fourth-order valence-corrected chi connectivity index (χ4v) is 1.74. The first-order valence-corrected chi connectivity index (χ1v) is 5.19. The van der Waals surface area contributed by atoms with Crippen molar-refractivity contribution in [3.05, 3.63) is 53.2 Å². The predicted molar refractivity (Wildman–Crippen MR) is 64.5 cm³/mol. The minimum atomic E-state index is 0.688. The molecule has 0 bridgehead atoms. The molecule has 2 aromatic rings. The Morgan fingerprint density at radius 1 is 1.12 bits per heavy atom. The monoisotopic (exact) mass is 211 g/mol. The summed E-state index contributed by atoms with van der Waals surface area (Å²) in [6, 6.07) is 9.57. The van der Waals surface area contributed by atoms with Crippen LogP contribution in [0.4, 0.5) is 0 Å². The first-order chi connectivity index (χ1) is 7.70. The van der Waals surface area contributed by atoms with Crippen molar-refractivity contribution >= 4 is 6.29 Å². The third-order valence-corrected chi connectivity index (χ3v) is 2.54. The van der Waals surface area contributed by atoms with Gasteiger partial charge in [0.2, 0.25) is 0 Å². The second kappa shape index (κ2) is 4.27. The Morgan fingerprint density at radius 2 is 1.81 bits per heavy atom. The SMILES string of the molecule is Cc1cnc(-c2ccc(C=O)cc2)c(C)c1. The van der Waals surface area contributed by atoms with Crippen molar-refractivity contribution in [1.29, 1.82) is 0 Å². The average Bonchev–Trinajstić information content (AvgIpc) is 2.29. The number of pyridine rings is 1. The molecule has 0 N–H and O–H groups in total. The number of aldehydes is 1. The van der Waals surface area contributed by atoms with Gasteiger partial charge in [0, 0.05) is 17.3 Å². The maximum atomic E-state index is 10.6. The zero-order valence-electron chi connectivity index (χ0n) is 9.40. The van der Waals surface area contributed by atoms with Crippen LogP contribution in [0.15, 0.2) is 36.5 Å². The van der Waals surface area contributed by atoms with Crippen LogP contribution in [-0.2, 0) is 0 Å². The molecular formula is C14H13NO. The molecule has 1 aromatic carbocycles. The number of aromatic nitrogens is 1. The summed E-state index contributed by atoms with van der Waals surface area (Å²) in [6.07, 6.45) is 2.70. The number of nitrogens with zero attached hydrogens (tertiary/aromatic N) is 1. The summed E-state index contributed by atoms with van der Waals surface area (Å²) in [5, 5.41) is 0. The number of aryl methyl sites for hydroxylation is 2. The van der Waals surface area contributed by atoms with Crippen molar-refractivity contribution in [2.45, 2.75) is 13.8 Å². The molecule has 0 aliphatic carbocycles. The molecule has 2 rings (SSSR count). The van der Waals surface area contributed by atoms with Crippen molar-refractivity contribution in [3.63, 3.8) is 0 Å². The van der Waals surface area contributed by atoms with Gasteiger partial charge in [-0.15, -0.1) is 0 Å². The molecule has 0 fully saturated rings. The number of carbonyl (C=O) groups excluding carboxylic acids is 1. The van der Waals surface area contributed by atoms with E-state index < -0.39 is 0 Å². The molecule has 1 heterocycles. The quantitative estimate of drug-likeness (QED) is 0.714. The largest absolute Gasteiger partial charge is 0.298 e. The topological polar surface area (TPSA) is 30.0 Å². The smallest absolute Gasteiger partial charge is 0.150 e. The molecule has 0 saturated carbocycles. The van der Waals surface area contributed by atoms with Crippen LogP contribution in [0, 0.1) is 13.8 Å². The van der Waals surface area contributed by atoms with Gasteiger partial charge in [0.25, 0.3) is 0 Å². The first kappa shape index (κ1) is 10.6. The molecule has 0 spiro atoms. The van der Waals surface area contributed by atoms with Crippen LogP contribution in [0.2, 0.25) is 0 Å². The summed E-state index contributed by atoms with van der Waals surface area (Å²) in [4.78, 5) is 15.0. The van der Waals surface area contributed by atoms with Crippen LogP contribution < -0.4 is 0 Å². The van der Waals surface area contributed by atoms with Crippen LogP contribution in [0.1, 0.15) is 21.5 Å². The van der Waals surface area contributed by atoms with E-state index in [9.17, 15) is 4.79 Å². The van der Waals surface area contributed by atoms with E-state index >= 15 is 0 Å². The van der Waals surface area contributed by atoms with Crippen molar-refractivity contribution < 1.29 is 4.79 Å². The van der Waals surface area contributed by atoms with E-state index in [1.807, 2.05) is 44.3 Å². The third-order valence-electron chi connectivity index (χ3n) is 2.54. The minimum absolute atomic E-state index is 0.688. The summed E-state index contributed by atoms with van der Waals surface area (Å²) >= 11 is 0. The van der Waals surface area contributed by atoms with Crippen LogP contribution in [0.3, 0.4) is 0 Å². The van der Waals surface area contributed by atoms with E-state index in [1.54, 1.807) is 0 Å². The maximum Gasteiger partial charge on any atom is 0.150 e. The maximum absolute atomic E-state index is 10.6. The Labute approximate surface area is 95.0 Å². The molecular weight excluding hydrogens is 198 g/mol. The fourth-order valence-electron chi connectivity index (χ4n) is 1.74. The van der Waals surface area contributed by atoms with Gasteiger partial charge in [0.05, 0.1) is 5.69 Å². The predicted octanol–water partition coefficient (Wildman–Crippen LogP) is 3.18. The molecule has 2 heteroatoms. The molecule has 0 aliphatic rings. The standard InChI is InChI=1S/C14H13NO/c1-10-7-11(2)14(15-8-10)13-5-3-12(9-16)4-6-13/h3-9H,1-2H3. The van der Waals surface area contributed by atoms with Gasteiger partial charge in [-0.25, -0.2) is 0 Å². The highest BCUT2D eigenvalue weighted by Crippen LogP contribution is 2.21. The zero-order valence-corrected chi connectivity index (χ0v) is 9.40. The summed E-state index contributed by atoms with van der Waals surface area (Å²) in [5.74, 6) is 0. The third kappa shape index (κ3) is 2.01. The molecule has 0 radical (unpaired) electrons. The molecule has 1 aromatic heterocycles. The minimum Gasteiger partial charge on any atom is -0.298 e. The van der Waals surface area contributed by atoms with Crippen LogP contribution in [0.25, 0.3) is 11.3 Å². The van der Waals surface area contributed by atoms with E-state index in [0.29, 0.717) is 5.56 Å². The molecule has 16 heavy (non-hydrogen) atoms. The van der Waals surface area contributed by atoms with E-state index in [4.69, 9.17) is 0 Å². The number of benzene rings is 1. The molecule has 0 saturated heterocycles. The Hall–Kier alpha value is -1.96. The fraction of sp³-hybridized carbons (Fsp3) is 0.143. The van der Waals surface area contributed by atoms with Gasteiger partial charge in [0.1, 0.15) is 6.29 Å². The van der Waals surface area contributed by atoms with Crippen LogP contribution >= 0.6 is 0 Å². The molecule has 0 aliphatic heterocycles. The Morgan fingerprint density at radius 3 is 2.38 bits per heavy atom. The van der Waals surface area contributed by atoms with Gasteiger partial charge < -0.3 is 0 Å². The van der Waals surface area contributed by atoms with Gasteiger partial charge in [-0.2, -0.15) is 0 Å². The number of rotatable bonds is 2. The lowest BCUT2D eigenvalue weighted by atomic mass is 10.0. The summed E-state index contributed by atoms with van der Waals surface area (Å²) in [6.45, 7) is 4.07. The molecule has 0 unspecified atom stereocenters. The Bertz CT molecular complexity index is 515. The van der Waals surface area contributed by atoms with E-state index in [1.165, 1.54) is 0 Å². The van der Waals surface area contributed by atoms with Crippen molar-refractivity contribution in [3.8, 4) is 11.3 Å². The normalized spacial score (nSPS) is 10.1. The lowest BCUT2D eigenvalue weighted by Gasteiger charge is -2.05. The van der Waals surface area contributed by atoms with Crippen LogP contribution in [0.5, 0.6) is 0 Å². The second-order valence-corrected chi connectivity index (χ2v) is 3.92. The Balaban J connectivity index is 2.46. The highest BCUT2D eigenvalue weighted by atomic mass is 16.1. The van der Waals surface area contributed by atoms with E-state index in [-0.39, 0.29) is 0 Å². The summed E-state index contributed by atoms with van der Waals surface area (Å²) < 4.78 is 0. The average molecular weight is 211 g/mol. The van der Waals surface area contributed by atoms with E-state index in [2.05, 4.69) is 11.1 Å². The summed E-state index contributed by atoms with van der Waals surface area (Å²) in [5.41, 5.74) is 5.02. The van der Waals surface area contributed by atoms with Gasteiger partial charge in [-0.1, -0.05) is 30.3 Å². The highest BCUT2D eigenvalue weighted by molar-refractivity contribution is 5.76. The lowest BCUT2D eigenvalue weighted by molar-refractivity contribution is 0.112. The molecule has 80 valence electrons. The number of hydrogen-bond acceptors (Lipinski definition) is 2. The lowest BCUT2D eigenvalue weighted by Crippen LogP contribution is -1.90. The molecule has 2 nitrogen and oxygen atoms in total. The molecule has 0 atom stereocenters. The number of carbonyl (C=O) groups is 1. The van der Waals surface area contributed by atoms with Gasteiger partial charge >= 0.3 is 0 Å². The van der Waals surface area contributed by atoms with Gasteiger partial charge in [0.15, 0.2) is 0 Å². The number of hydrogen-bond donors (Lipinski definition) is 0. The van der Waals surface area contributed by atoms with Crippen molar-refractivity contribution in [2.24, 2.45) is 0 Å². The zero-order chi connectivity index (χ0) is 11.5. The summed E-state index contributed by atoms with van der Waals surface area (Å²) in [7, 11) is 0. The van der Waals surface area contributed by atoms with E-state index in [0.717, 1.165) is 28.7 Å². The van der Waals surface area contributed by atoms with Crippen LogP contribution in [-0.4, -0.2) is 11.3 Å². The van der Waals surface area contributed by atoms with Gasteiger partial charge in [-0.05, 0) is 25.0 Å². The van der Waals surface area contributed by atoms with Crippen molar-refractivity contribution in [2.75, 3.05) is 0 Å².